The number of hydrogen-bond donors (Lipinski definition) is 0. The molecule has 0 heterocycles. The highest BCUT2D eigenvalue weighted by atomic mass is 16.6. The average molecular weight is 206 g/mol. The van der Waals surface area contributed by atoms with Crippen LogP contribution in [0.25, 0.3) is 0 Å². The van der Waals surface area contributed by atoms with Gasteiger partial charge in [0.1, 0.15) is 0 Å². The van der Waals surface area contributed by atoms with Crippen LogP contribution in [0, 0.1) is 13.8 Å². The highest BCUT2D eigenvalue weighted by Gasteiger charge is 2.11. The Hall–Kier alpha value is -1.64. The molecule has 0 aliphatic heterocycles. The van der Waals surface area contributed by atoms with Crippen molar-refractivity contribution in [3.8, 4) is 0 Å². The minimum atomic E-state index is -0.579. The van der Waals surface area contributed by atoms with Crippen molar-refractivity contribution < 1.29 is 14.3 Å². The molecule has 80 valence electrons. The lowest BCUT2D eigenvalue weighted by molar-refractivity contribution is -0.137. The summed E-state index contributed by atoms with van der Waals surface area (Å²) in [4.78, 5) is 22.3. The number of hydrogen-bond acceptors (Lipinski definition) is 3. The molecule has 0 N–H and O–H groups in total. The van der Waals surface area contributed by atoms with Crippen molar-refractivity contribution in [3.63, 3.8) is 0 Å². The molecule has 0 saturated carbocycles. The predicted octanol–water partition coefficient (Wildman–Crippen LogP) is 2.40. The van der Waals surface area contributed by atoms with Gasteiger partial charge >= 0.3 is 11.9 Å². The molecule has 0 fully saturated rings. The van der Waals surface area contributed by atoms with Crippen molar-refractivity contribution in [1.82, 2.24) is 0 Å². The molecule has 0 spiro atoms. The lowest BCUT2D eigenvalue weighted by Gasteiger charge is -2.04. The molecule has 0 amide bonds. The summed E-state index contributed by atoms with van der Waals surface area (Å²) in [5.74, 6) is -1.08. The Morgan fingerprint density at radius 2 is 1.87 bits per heavy atom. The maximum absolute atomic E-state index is 11.4. The highest BCUT2D eigenvalue weighted by Crippen LogP contribution is 2.11. The Bertz CT molecular complexity index is 394. The van der Waals surface area contributed by atoms with Crippen molar-refractivity contribution in [2.45, 2.75) is 27.2 Å². The zero-order valence-electron chi connectivity index (χ0n) is 9.16. The maximum atomic E-state index is 11.4. The molecule has 0 aliphatic rings. The topological polar surface area (TPSA) is 43.4 Å². The van der Waals surface area contributed by atoms with E-state index in [2.05, 4.69) is 4.74 Å². The molecular formula is C12H14O3. The van der Waals surface area contributed by atoms with Crippen LogP contribution in [0.3, 0.4) is 0 Å². The Labute approximate surface area is 89.1 Å². The van der Waals surface area contributed by atoms with E-state index in [-0.39, 0.29) is 6.42 Å². The van der Waals surface area contributed by atoms with E-state index in [4.69, 9.17) is 0 Å². The SMILES string of the molecule is CCC(=O)OC(=O)c1ccc(C)c(C)c1. The predicted molar refractivity (Wildman–Crippen MR) is 56.6 cm³/mol. The van der Waals surface area contributed by atoms with Gasteiger partial charge in [0.25, 0.3) is 0 Å². The fourth-order valence-electron chi connectivity index (χ4n) is 1.10. The van der Waals surface area contributed by atoms with E-state index < -0.39 is 11.9 Å². The van der Waals surface area contributed by atoms with E-state index in [1.165, 1.54) is 0 Å². The van der Waals surface area contributed by atoms with Crippen LogP contribution in [-0.2, 0) is 9.53 Å². The first-order valence-corrected chi connectivity index (χ1v) is 4.87. The van der Waals surface area contributed by atoms with Crippen LogP contribution in [-0.4, -0.2) is 11.9 Å². The molecule has 0 bridgehead atoms. The molecule has 1 aromatic rings. The summed E-state index contributed by atoms with van der Waals surface area (Å²) in [5, 5.41) is 0. The van der Waals surface area contributed by atoms with Gasteiger partial charge in [-0.05, 0) is 37.1 Å². The molecule has 0 atom stereocenters. The second-order valence-corrected chi connectivity index (χ2v) is 3.41. The van der Waals surface area contributed by atoms with Gasteiger partial charge in [0.15, 0.2) is 0 Å². The molecule has 3 heteroatoms. The Balaban J connectivity index is 2.83. The van der Waals surface area contributed by atoms with Crippen molar-refractivity contribution >= 4 is 11.9 Å². The van der Waals surface area contributed by atoms with Crippen LogP contribution < -0.4 is 0 Å². The van der Waals surface area contributed by atoms with Gasteiger partial charge in [-0.25, -0.2) is 4.79 Å². The first-order chi connectivity index (χ1) is 7.04. The maximum Gasteiger partial charge on any atom is 0.345 e. The monoisotopic (exact) mass is 206 g/mol. The van der Waals surface area contributed by atoms with E-state index in [1.54, 1.807) is 19.1 Å². The van der Waals surface area contributed by atoms with Crippen LogP contribution in [0.4, 0.5) is 0 Å². The fourth-order valence-corrected chi connectivity index (χ4v) is 1.10. The molecule has 0 unspecified atom stereocenters. The Morgan fingerprint density at radius 3 is 2.40 bits per heavy atom. The standard InChI is InChI=1S/C12H14O3/c1-4-11(13)15-12(14)10-6-5-8(2)9(3)7-10/h5-7H,4H2,1-3H3. The quantitative estimate of drug-likeness (QED) is 0.551. The smallest absolute Gasteiger partial charge is 0.345 e. The van der Waals surface area contributed by atoms with Gasteiger partial charge < -0.3 is 4.74 Å². The summed E-state index contributed by atoms with van der Waals surface area (Å²) in [5.41, 5.74) is 2.53. The third-order valence-corrected chi connectivity index (χ3v) is 2.24. The van der Waals surface area contributed by atoms with E-state index >= 15 is 0 Å². The molecule has 0 radical (unpaired) electrons. The van der Waals surface area contributed by atoms with Gasteiger partial charge in [-0.1, -0.05) is 13.0 Å². The van der Waals surface area contributed by atoms with Crippen LogP contribution in [0.15, 0.2) is 18.2 Å². The third kappa shape index (κ3) is 2.91. The minimum Gasteiger partial charge on any atom is -0.389 e. The second-order valence-electron chi connectivity index (χ2n) is 3.41. The zero-order chi connectivity index (χ0) is 11.4. The molecule has 3 nitrogen and oxygen atoms in total. The largest absolute Gasteiger partial charge is 0.389 e. The van der Waals surface area contributed by atoms with Crippen LogP contribution in [0.1, 0.15) is 34.8 Å². The summed E-state index contributed by atoms with van der Waals surface area (Å²) < 4.78 is 4.60. The zero-order valence-corrected chi connectivity index (χ0v) is 9.16. The summed E-state index contributed by atoms with van der Waals surface area (Å²) >= 11 is 0. The average Bonchev–Trinajstić information content (AvgIpc) is 2.21. The van der Waals surface area contributed by atoms with E-state index in [0.717, 1.165) is 11.1 Å². The Kier molecular flexibility index (Phi) is 3.61. The second kappa shape index (κ2) is 4.73. The normalized spacial score (nSPS) is 9.80. The van der Waals surface area contributed by atoms with Crippen molar-refractivity contribution in [3.05, 3.63) is 34.9 Å². The fraction of sp³-hybridized carbons (Fsp3) is 0.333. The number of esters is 2. The number of ether oxygens (including phenoxy) is 1. The molecule has 0 aromatic heterocycles. The van der Waals surface area contributed by atoms with Crippen LogP contribution in [0.5, 0.6) is 0 Å². The number of carbonyl (C=O) groups excluding carboxylic acids is 2. The molecule has 0 saturated heterocycles. The minimum absolute atomic E-state index is 0.205. The molecule has 1 aromatic carbocycles. The first-order valence-electron chi connectivity index (χ1n) is 4.87. The van der Waals surface area contributed by atoms with Gasteiger partial charge in [-0.3, -0.25) is 4.79 Å². The highest BCUT2D eigenvalue weighted by molar-refractivity contribution is 5.96. The van der Waals surface area contributed by atoms with Gasteiger partial charge in [-0.2, -0.15) is 0 Å². The summed E-state index contributed by atoms with van der Waals surface area (Å²) in [7, 11) is 0. The van der Waals surface area contributed by atoms with Crippen molar-refractivity contribution in [2.24, 2.45) is 0 Å². The van der Waals surface area contributed by atoms with E-state index in [9.17, 15) is 9.59 Å². The number of rotatable bonds is 2. The van der Waals surface area contributed by atoms with E-state index in [1.807, 2.05) is 19.9 Å². The molecular weight excluding hydrogens is 192 g/mol. The number of benzene rings is 1. The first kappa shape index (κ1) is 11.4. The lowest BCUT2D eigenvalue weighted by atomic mass is 10.1. The van der Waals surface area contributed by atoms with Crippen LogP contribution in [0.2, 0.25) is 0 Å². The molecule has 1 rings (SSSR count). The van der Waals surface area contributed by atoms with Crippen molar-refractivity contribution in [1.29, 1.82) is 0 Å². The number of carbonyl (C=O) groups is 2. The van der Waals surface area contributed by atoms with Crippen molar-refractivity contribution in [2.75, 3.05) is 0 Å². The van der Waals surface area contributed by atoms with E-state index in [0.29, 0.717) is 5.56 Å². The summed E-state index contributed by atoms with van der Waals surface area (Å²) in [6.07, 6.45) is 0.205. The third-order valence-electron chi connectivity index (χ3n) is 2.24. The van der Waals surface area contributed by atoms with Gasteiger partial charge in [-0.15, -0.1) is 0 Å². The van der Waals surface area contributed by atoms with Crippen LogP contribution >= 0.6 is 0 Å². The summed E-state index contributed by atoms with van der Waals surface area (Å²) in [6, 6.07) is 5.22. The Morgan fingerprint density at radius 1 is 1.20 bits per heavy atom. The van der Waals surface area contributed by atoms with Gasteiger partial charge in [0.05, 0.1) is 5.56 Å². The lowest BCUT2D eigenvalue weighted by Crippen LogP contribution is -2.11. The van der Waals surface area contributed by atoms with Gasteiger partial charge in [0.2, 0.25) is 0 Å². The molecule has 0 aliphatic carbocycles. The molecule has 15 heavy (non-hydrogen) atoms. The number of aryl methyl sites for hydroxylation is 2. The van der Waals surface area contributed by atoms with Gasteiger partial charge in [0, 0.05) is 6.42 Å². The summed E-state index contributed by atoms with van der Waals surface area (Å²) in [6.45, 7) is 5.52.